The minimum Gasteiger partial charge on any atom is -0.496 e. The molecule has 0 saturated carbocycles. The van der Waals surface area contributed by atoms with Crippen molar-refractivity contribution in [3.63, 3.8) is 0 Å². The topological polar surface area (TPSA) is 42.4 Å². The number of aromatic nitrogens is 1. The van der Waals surface area contributed by atoms with E-state index in [0.717, 1.165) is 27.9 Å². The number of hydrogen-bond donors (Lipinski definition) is 1. The van der Waals surface area contributed by atoms with Crippen molar-refractivity contribution in [2.75, 3.05) is 7.11 Å². The van der Waals surface area contributed by atoms with E-state index in [1.54, 1.807) is 13.3 Å². The van der Waals surface area contributed by atoms with Gasteiger partial charge in [0.05, 0.1) is 7.11 Å². The molecule has 0 radical (unpaired) electrons. The fourth-order valence-corrected chi connectivity index (χ4v) is 2.27. The molecule has 19 heavy (non-hydrogen) atoms. The van der Waals surface area contributed by atoms with E-state index in [2.05, 4.69) is 4.98 Å². The van der Waals surface area contributed by atoms with Crippen LogP contribution >= 0.6 is 0 Å². The summed E-state index contributed by atoms with van der Waals surface area (Å²) >= 11 is 0. The van der Waals surface area contributed by atoms with Crippen molar-refractivity contribution in [3.8, 4) is 5.75 Å². The van der Waals surface area contributed by atoms with Gasteiger partial charge in [0, 0.05) is 23.0 Å². The molecule has 0 spiro atoms. The second-order valence-electron chi connectivity index (χ2n) is 4.83. The van der Waals surface area contributed by atoms with Gasteiger partial charge >= 0.3 is 0 Å². The molecule has 0 amide bonds. The average molecular weight is 257 g/mol. The van der Waals surface area contributed by atoms with E-state index < -0.39 is 6.10 Å². The Kier molecular flexibility index (Phi) is 3.86. The first-order chi connectivity index (χ1) is 9.02. The number of hydrogen-bond acceptors (Lipinski definition) is 3. The van der Waals surface area contributed by atoms with Gasteiger partial charge in [-0.1, -0.05) is 12.1 Å². The lowest BCUT2D eigenvalue weighted by Crippen LogP contribution is -2.06. The predicted octanol–water partition coefficient (Wildman–Crippen LogP) is 3.10. The molecule has 2 rings (SSSR count). The number of nitrogens with zero attached hydrogens (tertiary/aromatic N) is 1. The summed E-state index contributed by atoms with van der Waals surface area (Å²) in [6.07, 6.45) is 0.988. The molecule has 1 atom stereocenters. The van der Waals surface area contributed by atoms with Gasteiger partial charge in [-0.25, -0.2) is 0 Å². The Labute approximate surface area is 113 Å². The van der Waals surface area contributed by atoms with E-state index >= 15 is 0 Å². The van der Waals surface area contributed by atoms with Crippen LogP contribution in [0.4, 0.5) is 0 Å². The fraction of sp³-hybridized carbons (Fsp3) is 0.312. The third-order valence-electron chi connectivity index (χ3n) is 3.24. The molecule has 0 fully saturated rings. The van der Waals surface area contributed by atoms with Crippen molar-refractivity contribution < 1.29 is 9.84 Å². The van der Waals surface area contributed by atoms with E-state index in [-0.39, 0.29) is 0 Å². The maximum absolute atomic E-state index is 10.5. The maximum atomic E-state index is 10.5. The minimum atomic E-state index is -0.719. The van der Waals surface area contributed by atoms with Crippen LogP contribution in [0.15, 0.2) is 30.5 Å². The zero-order valence-corrected chi connectivity index (χ0v) is 11.8. The number of aryl methyl sites for hydroxylation is 3. The zero-order chi connectivity index (χ0) is 14.0. The van der Waals surface area contributed by atoms with Gasteiger partial charge in [0.15, 0.2) is 0 Å². The summed E-state index contributed by atoms with van der Waals surface area (Å²) < 4.78 is 5.39. The second kappa shape index (κ2) is 5.41. The molecule has 1 heterocycles. The quantitative estimate of drug-likeness (QED) is 0.918. The third-order valence-corrected chi connectivity index (χ3v) is 3.24. The van der Waals surface area contributed by atoms with Crippen LogP contribution in [0.1, 0.15) is 34.1 Å². The summed E-state index contributed by atoms with van der Waals surface area (Å²) in [5, 5.41) is 10.5. The van der Waals surface area contributed by atoms with Crippen LogP contribution in [0, 0.1) is 20.8 Å². The summed E-state index contributed by atoms with van der Waals surface area (Å²) in [7, 11) is 1.62. The van der Waals surface area contributed by atoms with Gasteiger partial charge in [-0.2, -0.15) is 0 Å². The predicted molar refractivity (Wildman–Crippen MR) is 75.5 cm³/mol. The van der Waals surface area contributed by atoms with Crippen molar-refractivity contribution in [2.45, 2.75) is 26.9 Å². The van der Waals surface area contributed by atoms with E-state index in [1.165, 1.54) is 0 Å². The van der Waals surface area contributed by atoms with Crippen molar-refractivity contribution in [1.82, 2.24) is 4.98 Å². The second-order valence-corrected chi connectivity index (χ2v) is 4.83. The van der Waals surface area contributed by atoms with Gasteiger partial charge in [-0.3, -0.25) is 4.98 Å². The lowest BCUT2D eigenvalue weighted by atomic mass is 9.95. The van der Waals surface area contributed by atoms with Crippen LogP contribution in [0.2, 0.25) is 0 Å². The Hall–Kier alpha value is -1.87. The highest BCUT2D eigenvalue weighted by atomic mass is 16.5. The molecule has 0 aliphatic heterocycles. The molecule has 3 nitrogen and oxygen atoms in total. The number of ether oxygens (including phenoxy) is 1. The summed E-state index contributed by atoms with van der Waals surface area (Å²) in [5.74, 6) is 0.713. The normalized spacial score (nSPS) is 12.3. The Morgan fingerprint density at radius 1 is 1.16 bits per heavy atom. The van der Waals surface area contributed by atoms with Crippen molar-refractivity contribution in [3.05, 3.63) is 58.4 Å². The van der Waals surface area contributed by atoms with Crippen LogP contribution in [0.5, 0.6) is 5.75 Å². The number of benzene rings is 1. The molecule has 2 aromatic rings. The molecule has 0 bridgehead atoms. The van der Waals surface area contributed by atoms with Gasteiger partial charge in [0.2, 0.25) is 0 Å². The first-order valence-electron chi connectivity index (χ1n) is 6.28. The molecule has 0 saturated heterocycles. The van der Waals surface area contributed by atoms with Crippen LogP contribution in [0.3, 0.4) is 0 Å². The molecule has 0 aliphatic carbocycles. The number of aliphatic hydroxyl groups is 1. The van der Waals surface area contributed by atoms with E-state index in [1.807, 2.05) is 45.0 Å². The van der Waals surface area contributed by atoms with Crippen LogP contribution in [0.25, 0.3) is 0 Å². The lowest BCUT2D eigenvalue weighted by Gasteiger charge is -2.18. The first kappa shape index (κ1) is 13.6. The molecule has 1 N–H and O–H groups in total. The molecule has 1 aromatic heterocycles. The van der Waals surface area contributed by atoms with Gasteiger partial charge in [0.1, 0.15) is 11.9 Å². The highest BCUT2D eigenvalue weighted by molar-refractivity contribution is 5.47. The molecular formula is C16H19NO2. The Morgan fingerprint density at radius 3 is 2.47 bits per heavy atom. The highest BCUT2D eigenvalue weighted by Crippen LogP contribution is 2.33. The number of aliphatic hydroxyl groups excluding tert-OH is 1. The van der Waals surface area contributed by atoms with Gasteiger partial charge in [-0.05, 0) is 44.0 Å². The van der Waals surface area contributed by atoms with Crippen LogP contribution in [-0.4, -0.2) is 17.2 Å². The smallest absolute Gasteiger partial charge is 0.125 e. The average Bonchev–Trinajstić information content (AvgIpc) is 2.38. The summed E-state index contributed by atoms with van der Waals surface area (Å²) in [6.45, 7) is 5.92. The van der Waals surface area contributed by atoms with Gasteiger partial charge in [-0.15, -0.1) is 0 Å². The van der Waals surface area contributed by atoms with E-state index in [4.69, 9.17) is 4.74 Å². The largest absolute Gasteiger partial charge is 0.496 e. The lowest BCUT2D eigenvalue weighted by molar-refractivity contribution is 0.213. The standard InChI is InChI=1S/C16H19NO2/c1-10-7-11(2)15(14(8-10)19-4)16(18)13-6-5-12(3)17-9-13/h5-9,16,18H,1-4H3. The molecule has 1 aromatic carbocycles. The number of pyridine rings is 1. The Balaban J connectivity index is 2.49. The molecule has 3 heteroatoms. The van der Waals surface area contributed by atoms with Crippen molar-refractivity contribution in [1.29, 1.82) is 0 Å². The van der Waals surface area contributed by atoms with Gasteiger partial charge < -0.3 is 9.84 Å². The third kappa shape index (κ3) is 2.76. The molecular weight excluding hydrogens is 238 g/mol. The summed E-state index contributed by atoms with van der Waals surface area (Å²) in [6, 6.07) is 7.77. The van der Waals surface area contributed by atoms with E-state index in [0.29, 0.717) is 5.75 Å². The zero-order valence-electron chi connectivity index (χ0n) is 11.8. The minimum absolute atomic E-state index is 0.713. The summed E-state index contributed by atoms with van der Waals surface area (Å²) in [5.41, 5.74) is 4.65. The molecule has 0 aliphatic rings. The summed E-state index contributed by atoms with van der Waals surface area (Å²) in [4.78, 5) is 4.23. The van der Waals surface area contributed by atoms with Crippen LogP contribution < -0.4 is 4.74 Å². The number of methoxy groups -OCH3 is 1. The van der Waals surface area contributed by atoms with Crippen molar-refractivity contribution in [2.24, 2.45) is 0 Å². The Morgan fingerprint density at radius 2 is 1.89 bits per heavy atom. The van der Waals surface area contributed by atoms with Crippen LogP contribution in [-0.2, 0) is 0 Å². The molecule has 100 valence electrons. The number of rotatable bonds is 3. The van der Waals surface area contributed by atoms with Gasteiger partial charge in [0.25, 0.3) is 0 Å². The maximum Gasteiger partial charge on any atom is 0.125 e. The first-order valence-corrected chi connectivity index (χ1v) is 6.28. The Bertz CT molecular complexity index is 576. The monoisotopic (exact) mass is 257 g/mol. The van der Waals surface area contributed by atoms with E-state index in [9.17, 15) is 5.11 Å². The molecule has 1 unspecified atom stereocenters. The van der Waals surface area contributed by atoms with Crippen molar-refractivity contribution >= 4 is 0 Å². The highest BCUT2D eigenvalue weighted by Gasteiger charge is 2.18. The fourth-order valence-electron chi connectivity index (χ4n) is 2.27. The SMILES string of the molecule is COc1cc(C)cc(C)c1C(O)c1ccc(C)nc1.